The summed E-state index contributed by atoms with van der Waals surface area (Å²) in [4.78, 5) is 28.3. The molecule has 1 aromatic heterocycles. The lowest BCUT2D eigenvalue weighted by Gasteiger charge is -2.22. The van der Waals surface area contributed by atoms with Gasteiger partial charge in [-0.25, -0.2) is 4.39 Å². The number of carbonyl (C=O) groups excluding carboxylic acids is 2. The Bertz CT molecular complexity index is 845. The number of aromatic nitrogens is 1. The van der Waals surface area contributed by atoms with E-state index in [1.54, 1.807) is 11.8 Å². The molecule has 1 aromatic carbocycles. The van der Waals surface area contributed by atoms with Crippen molar-refractivity contribution >= 4 is 23.3 Å². The summed E-state index contributed by atoms with van der Waals surface area (Å²) in [6.07, 6.45) is 2.68. The summed E-state index contributed by atoms with van der Waals surface area (Å²) in [6, 6.07) is 5.84. The van der Waals surface area contributed by atoms with Gasteiger partial charge in [0.1, 0.15) is 5.82 Å². The van der Waals surface area contributed by atoms with E-state index in [9.17, 15) is 14.0 Å². The van der Waals surface area contributed by atoms with E-state index in [0.29, 0.717) is 18.7 Å². The minimum atomic E-state index is -0.507. The van der Waals surface area contributed by atoms with E-state index in [1.807, 2.05) is 23.9 Å². The normalized spacial score (nSPS) is 15.6. The van der Waals surface area contributed by atoms with Gasteiger partial charge in [0.2, 0.25) is 0 Å². The third-order valence-electron chi connectivity index (χ3n) is 4.89. The number of rotatable bonds is 4. The van der Waals surface area contributed by atoms with Gasteiger partial charge in [-0.1, -0.05) is 11.6 Å². The molecule has 1 fully saturated rings. The Kier molecular flexibility index (Phi) is 5.97. The van der Waals surface area contributed by atoms with Crippen molar-refractivity contribution in [3.8, 4) is 0 Å². The fourth-order valence-corrected chi connectivity index (χ4v) is 3.60. The molecular weight excluding hydrogens is 369 g/mol. The van der Waals surface area contributed by atoms with Crippen molar-refractivity contribution in [1.29, 1.82) is 0 Å². The molecule has 144 valence electrons. The van der Waals surface area contributed by atoms with Crippen LogP contribution in [0.4, 0.5) is 4.39 Å². The maximum Gasteiger partial charge on any atom is 0.254 e. The second-order valence-electron chi connectivity index (χ2n) is 6.97. The molecule has 0 aliphatic carbocycles. The van der Waals surface area contributed by atoms with Crippen molar-refractivity contribution in [2.45, 2.75) is 19.9 Å². The van der Waals surface area contributed by atoms with Gasteiger partial charge in [0.15, 0.2) is 5.78 Å². The number of carbonyl (C=O) groups is 2. The number of Topliss-reactive ketones (excluding diaryl/α,β-unsaturated/α-hetero) is 1. The molecule has 0 spiro atoms. The molecule has 3 rings (SSSR count). The zero-order valence-corrected chi connectivity index (χ0v) is 16.3. The molecule has 1 aliphatic rings. The molecule has 0 unspecified atom stereocenters. The van der Waals surface area contributed by atoms with Crippen LogP contribution in [0.3, 0.4) is 0 Å². The van der Waals surface area contributed by atoms with E-state index >= 15 is 0 Å². The number of hydrogen-bond donors (Lipinski definition) is 0. The van der Waals surface area contributed by atoms with Crippen LogP contribution in [-0.2, 0) is 13.6 Å². The van der Waals surface area contributed by atoms with Gasteiger partial charge < -0.3 is 9.47 Å². The zero-order valence-electron chi connectivity index (χ0n) is 15.5. The van der Waals surface area contributed by atoms with Crippen LogP contribution < -0.4 is 0 Å². The van der Waals surface area contributed by atoms with E-state index in [2.05, 4.69) is 4.90 Å². The third-order valence-corrected chi connectivity index (χ3v) is 5.10. The monoisotopic (exact) mass is 391 g/mol. The molecule has 7 heteroatoms. The Hall–Kier alpha value is -2.18. The van der Waals surface area contributed by atoms with Gasteiger partial charge in [0.25, 0.3) is 5.91 Å². The van der Waals surface area contributed by atoms with Crippen LogP contribution in [0.15, 0.2) is 30.5 Å². The van der Waals surface area contributed by atoms with Gasteiger partial charge in [0.05, 0.1) is 0 Å². The van der Waals surface area contributed by atoms with E-state index in [1.165, 1.54) is 18.2 Å². The maximum absolute atomic E-state index is 13.5. The Morgan fingerprint density at radius 2 is 1.85 bits per heavy atom. The molecule has 1 amide bonds. The molecule has 27 heavy (non-hydrogen) atoms. The predicted molar refractivity (Wildman–Crippen MR) is 103 cm³/mol. The number of amides is 1. The molecule has 1 aliphatic heterocycles. The topological polar surface area (TPSA) is 45.6 Å². The first kappa shape index (κ1) is 19.6. The second kappa shape index (κ2) is 8.23. The van der Waals surface area contributed by atoms with Crippen molar-refractivity contribution in [3.05, 3.63) is 58.1 Å². The molecule has 2 heterocycles. The summed E-state index contributed by atoms with van der Waals surface area (Å²) in [5.74, 6) is -0.651. The number of halogens is 2. The first-order valence-electron chi connectivity index (χ1n) is 8.97. The third kappa shape index (κ3) is 4.76. The summed E-state index contributed by atoms with van der Waals surface area (Å²) in [5.41, 5.74) is 2.06. The van der Waals surface area contributed by atoms with Gasteiger partial charge in [-0.15, -0.1) is 0 Å². The summed E-state index contributed by atoms with van der Waals surface area (Å²) >= 11 is 5.87. The summed E-state index contributed by atoms with van der Waals surface area (Å²) in [6.45, 7) is 5.04. The van der Waals surface area contributed by atoms with E-state index in [-0.39, 0.29) is 22.3 Å². The highest BCUT2D eigenvalue weighted by Crippen LogP contribution is 2.18. The summed E-state index contributed by atoms with van der Waals surface area (Å²) < 4.78 is 15.5. The molecule has 0 bridgehead atoms. The minimum absolute atomic E-state index is 0.0539. The lowest BCUT2D eigenvalue weighted by atomic mass is 10.2. The lowest BCUT2D eigenvalue weighted by Crippen LogP contribution is -2.35. The van der Waals surface area contributed by atoms with Gasteiger partial charge in [-0.05, 0) is 37.6 Å². The molecular formula is C20H23ClFN3O2. The molecule has 0 atom stereocenters. The Morgan fingerprint density at radius 3 is 2.52 bits per heavy atom. The van der Waals surface area contributed by atoms with Crippen molar-refractivity contribution in [1.82, 2.24) is 14.4 Å². The van der Waals surface area contributed by atoms with Crippen molar-refractivity contribution < 1.29 is 14.0 Å². The van der Waals surface area contributed by atoms with E-state index < -0.39 is 5.82 Å². The number of aryl methyl sites for hydroxylation is 1. The number of ketones is 1. The summed E-state index contributed by atoms with van der Waals surface area (Å²) in [5, 5.41) is 0.222. The molecule has 1 saturated heterocycles. The number of benzene rings is 1. The van der Waals surface area contributed by atoms with Crippen molar-refractivity contribution in [3.63, 3.8) is 0 Å². The average Bonchev–Trinajstić information content (AvgIpc) is 2.82. The predicted octanol–water partition coefficient (Wildman–Crippen LogP) is 3.37. The first-order valence-corrected chi connectivity index (χ1v) is 9.35. The van der Waals surface area contributed by atoms with Crippen LogP contribution in [0.5, 0.6) is 0 Å². The Balaban J connectivity index is 1.65. The smallest absolute Gasteiger partial charge is 0.254 e. The minimum Gasteiger partial charge on any atom is -0.353 e. The number of hydrogen-bond acceptors (Lipinski definition) is 3. The summed E-state index contributed by atoms with van der Waals surface area (Å²) in [7, 11) is 1.93. The highest BCUT2D eigenvalue weighted by molar-refractivity contribution is 6.31. The van der Waals surface area contributed by atoms with Crippen LogP contribution in [0.2, 0.25) is 5.02 Å². The van der Waals surface area contributed by atoms with E-state index in [4.69, 9.17) is 11.6 Å². The van der Waals surface area contributed by atoms with Crippen LogP contribution in [-0.4, -0.2) is 52.2 Å². The average molecular weight is 392 g/mol. The van der Waals surface area contributed by atoms with Gasteiger partial charge in [0, 0.05) is 67.8 Å². The quantitative estimate of drug-likeness (QED) is 0.751. The van der Waals surface area contributed by atoms with Crippen LogP contribution >= 0.6 is 11.6 Å². The SMILES string of the molecule is CC(=O)c1cc(CN2CCCN(C(=O)c3cc(F)cc(Cl)c3)CC2)n(C)c1. The molecule has 5 nitrogen and oxygen atoms in total. The lowest BCUT2D eigenvalue weighted by molar-refractivity contribution is 0.0760. The fraction of sp³-hybridized carbons (Fsp3) is 0.400. The van der Waals surface area contributed by atoms with Crippen LogP contribution in [0, 0.1) is 5.82 Å². The molecule has 0 saturated carbocycles. The van der Waals surface area contributed by atoms with Gasteiger partial charge in [-0.2, -0.15) is 0 Å². The first-order chi connectivity index (χ1) is 12.8. The standard InChI is InChI=1S/C20H23ClFN3O2/c1-14(26)16-10-19(23(2)12-16)13-24-4-3-5-25(7-6-24)20(27)15-8-17(21)11-18(22)9-15/h8-12H,3-7,13H2,1-2H3. The van der Waals surface area contributed by atoms with Crippen LogP contribution in [0.1, 0.15) is 39.8 Å². The van der Waals surface area contributed by atoms with Crippen molar-refractivity contribution in [2.75, 3.05) is 26.2 Å². The molecule has 0 radical (unpaired) electrons. The van der Waals surface area contributed by atoms with Crippen LogP contribution in [0.25, 0.3) is 0 Å². The fourth-order valence-electron chi connectivity index (χ4n) is 3.38. The van der Waals surface area contributed by atoms with Gasteiger partial charge in [-0.3, -0.25) is 14.5 Å². The molecule has 2 aromatic rings. The highest BCUT2D eigenvalue weighted by atomic mass is 35.5. The van der Waals surface area contributed by atoms with Crippen molar-refractivity contribution in [2.24, 2.45) is 7.05 Å². The Morgan fingerprint density at radius 1 is 1.07 bits per heavy atom. The maximum atomic E-state index is 13.5. The van der Waals surface area contributed by atoms with E-state index in [0.717, 1.165) is 31.7 Å². The molecule has 0 N–H and O–H groups in total. The highest BCUT2D eigenvalue weighted by Gasteiger charge is 2.22. The Labute approximate surface area is 163 Å². The second-order valence-corrected chi connectivity index (χ2v) is 7.40. The van der Waals surface area contributed by atoms with Gasteiger partial charge >= 0.3 is 0 Å². The number of nitrogens with zero attached hydrogens (tertiary/aromatic N) is 3. The largest absolute Gasteiger partial charge is 0.353 e. The zero-order chi connectivity index (χ0) is 19.6.